The van der Waals surface area contributed by atoms with Crippen LogP contribution in [0.4, 0.5) is 11.4 Å². The third-order valence-electron chi connectivity index (χ3n) is 4.66. The molecular formula is C20H24N2O4S. The molecule has 0 saturated carbocycles. The lowest BCUT2D eigenvalue weighted by molar-refractivity contribution is -0.117. The molecule has 7 heteroatoms. The van der Waals surface area contributed by atoms with Gasteiger partial charge in [-0.1, -0.05) is 24.3 Å². The second-order valence-electron chi connectivity index (χ2n) is 6.71. The lowest BCUT2D eigenvalue weighted by Crippen LogP contribution is -2.44. The van der Waals surface area contributed by atoms with Crippen LogP contribution in [0, 0.1) is 6.92 Å². The predicted molar refractivity (Wildman–Crippen MR) is 107 cm³/mol. The fraction of sp³-hybridized carbons (Fsp3) is 0.350. The molecule has 6 nitrogen and oxygen atoms in total. The van der Waals surface area contributed by atoms with Gasteiger partial charge in [-0.25, -0.2) is 8.42 Å². The van der Waals surface area contributed by atoms with E-state index in [9.17, 15) is 13.2 Å². The second kappa shape index (κ2) is 8.00. The molecule has 0 spiro atoms. The van der Waals surface area contributed by atoms with Crippen LogP contribution < -0.4 is 15.0 Å². The fourth-order valence-electron chi connectivity index (χ4n) is 3.34. The Kier molecular flexibility index (Phi) is 5.70. The number of benzene rings is 2. The summed E-state index contributed by atoms with van der Waals surface area (Å²) in [5, 5.41) is 3.13. The third-order valence-corrected chi connectivity index (χ3v) is 6.41. The van der Waals surface area contributed by atoms with Crippen LogP contribution in [0.1, 0.15) is 12.0 Å². The van der Waals surface area contributed by atoms with E-state index in [0.717, 1.165) is 11.3 Å². The highest BCUT2D eigenvalue weighted by Crippen LogP contribution is 2.27. The largest absolute Gasteiger partial charge is 0.495 e. The molecule has 0 aliphatic carbocycles. The van der Waals surface area contributed by atoms with Gasteiger partial charge in [-0.15, -0.1) is 0 Å². The van der Waals surface area contributed by atoms with E-state index < -0.39 is 9.84 Å². The molecule has 0 radical (unpaired) electrons. The van der Waals surface area contributed by atoms with Crippen molar-refractivity contribution >= 4 is 27.1 Å². The number of hydrogen-bond acceptors (Lipinski definition) is 5. The van der Waals surface area contributed by atoms with Crippen molar-refractivity contribution in [1.82, 2.24) is 0 Å². The maximum absolute atomic E-state index is 13.0. The number of aryl methyl sites for hydroxylation is 1. The number of ether oxygens (including phenoxy) is 1. The van der Waals surface area contributed by atoms with Gasteiger partial charge in [0, 0.05) is 5.69 Å². The van der Waals surface area contributed by atoms with Crippen molar-refractivity contribution in [2.75, 3.05) is 35.4 Å². The summed E-state index contributed by atoms with van der Waals surface area (Å²) in [6.07, 6.45) is 0.455. The number of carbonyl (C=O) groups is 1. The summed E-state index contributed by atoms with van der Waals surface area (Å²) in [4.78, 5) is 14.6. The zero-order chi connectivity index (χ0) is 19.4. The van der Waals surface area contributed by atoms with Crippen LogP contribution in [0.2, 0.25) is 0 Å². The van der Waals surface area contributed by atoms with Crippen molar-refractivity contribution in [1.29, 1.82) is 0 Å². The lowest BCUT2D eigenvalue weighted by Gasteiger charge is -2.29. The number of nitrogens with one attached hydrogen (secondary N) is 1. The number of para-hydroxylation sites is 1. The number of amides is 1. The van der Waals surface area contributed by atoms with E-state index in [1.807, 2.05) is 55.5 Å². The summed E-state index contributed by atoms with van der Waals surface area (Å²) in [6, 6.07) is 14.6. The number of hydrogen-bond donors (Lipinski definition) is 1. The van der Waals surface area contributed by atoms with E-state index in [2.05, 4.69) is 5.32 Å². The third kappa shape index (κ3) is 4.60. The molecular weight excluding hydrogens is 364 g/mol. The molecule has 1 saturated heterocycles. The van der Waals surface area contributed by atoms with E-state index in [0.29, 0.717) is 17.9 Å². The molecule has 1 aliphatic rings. The molecule has 1 fully saturated rings. The topological polar surface area (TPSA) is 75.7 Å². The summed E-state index contributed by atoms with van der Waals surface area (Å²) in [5.74, 6) is 0.601. The van der Waals surface area contributed by atoms with Gasteiger partial charge in [0.1, 0.15) is 5.75 Å². The Morgan fingerprint density at radius 2 is 1.96 bits per heavy atom. The molecule has 1 heterocycles. The zero-order valence-corrected chi connectivity index (χ0v) is 16.3. The Morgan fingerprint density at radius 3 is 2.59 bits per heavy atom. The smallest absolute Gasteiger partial charge is 0.246 e. The molecule has 27 heavy (non-hydrogen) atoms. The molecule has 2 aromatic carbocycles. The highest BCUT2D eigenvalue weighted by atomic mass is 32.2. The van der Waals surface area contributed by atoms with Crippen LogP contribution >= 0.6 is 0 Å². The highest BCUT2D eigenvalue weighted by molar-refractivity contribution is 7.91. The van der Waals surface area contributed by atoms with Gasteiger partial charge in [-0.2, -0.15) is 0 Å². The van der Waals surface area contributed by atoms with E-state index >= 15 is 0 Å². The summed E-state index contributed by atoms with van der Waals surface area (Å²) in [5.41, 5.74) is 2.49. The Bertz CT molecular complexity index is 913. The molecule has 2 aromatic rings. The Morgan fingerprint density at radius 1 is 1.22 bits per heavy atom. The number of sulfone groups is 1. The van der Waals surface area contributed by atoms with E-state index in [1.165, 1.54) is 0 Å². The highest BCUT2D eigenvalue weighted by Gasteiger charge is 2.35. The minimum atomic E-state index is -3.10. The average Bonchev–Trinajstić information content (AvgIpc) is 3.00. The summed E-state index contributed by atoms with van der Waals surface area (Å²) in [6.45, 7) is 2.01. The number of nitrogens with zero attached hydrogens (tertiary/aromatic N) is 1. The van der Waals surface area contributed by atoms with Gasteiger partial charge >= 0.3 is 0 Å². The van der Waals surface area contributed by atoms with E-state index in [4.69, 9.17) is 4.74 Å². The van der Waals surface area contributed by atoms with Crippen LogP contribution in [0.5, 0.6) is 5.75 Å². The predicted octanol–water partition coefficient (Wildman–Crippen LogP) is 2.64. The minimum Gasteiger partial charge on any atom is -0.495 e. The molecule has 1 aliphatic heterocycles. The average molecular weight is 388 g/mol. The summed E-state index contributed by atoms with van der Waals surface area (Å²) < 4.78 is 29.2. The van der Waals surface area contributed by atoms with Gasteiger partial charge in [-0.05, 0) is 43.2 Å². The standard InChI is InChI=1S/C20H24N2O4S/c1-15-8-9-19(26-2)18(12-15)21-13-20(23)22(16-6-4-3-5-7-16)17-10-11-27(24,25)14-17/h3-9,12,17,21H,10-11,13-14H2,1-2H3. The maximum Gasteiger partial charge on any atom is 0.246 e. The van der Waals surface area contributed by atoms with Gasteiger partial charge < -0.3 is 15.0 Å². The Hall–Kier alpha value is -2.54. The molecule has 1 N–H and O–H groups in total. The Labute approximate surface area is 160 Å². The first kappa shape index (κ1) is 19.2. The van der Waals surface area contributed by atoms with Crippen LogP contribution in [0.15, 0.2) is 48.5 Å². The molecule has 3 rings (SSSR count). The lowest BCUT2D eigenvalue weighted by atomic mass is 10.1. The van der Waals surface area contributed by atoms with E-state index in [1.54, 1.807) is 12.0 Å². The van der Waals surface area contributed by atoms with Crippen molar-refractivity contribution in [3.63, 3.8) is 0 Å². The van der Waals surface area contributed by atoms with Crippen molar-refractivity contribution < 1.29 is 17.9 Å². The normalized spacial score (nSPS) is 18.1. The minimum absolute atomic E-state index is 0.00139. The number of carbonyl (C=O) groups excluding carboxylic acids is 1. The van der Waals surface area contributed by atoms with Crippen LogP contribution in [-0.4, -0.2) is 45.5 Å². The summed E-state index contributed by atoms with van der Waals surface area (Å²) >= 11 is 0. The maximum atomic E-state index is 13.0. The van der Waals surface area contributed by atoms with Crippen molar-refractivity contribution in [2.45, 2.75) is 19.4 Å². The van der Waals surface area contributed by atoms with Crippen molar-refractivity contribution in [3.8, 4) is 5.75 Å². The fourth-order valence-corrected chi connectivity index (χ4v) is 5.04. The number of rotatable bonds is 6. The Balaban J connectivity index is 1.81. The van der Waals surface area contributed by atoms with Gasteiger partial charge in [0.25, 0.3) is 0 Å². The molecule has 0 aromatic heterocycles. The monoisotopic (exact) mass is 388 g/mol. The molecule has 1 unspecified atom stereocenters. The first-order valence-electron chi connectivity index (χ1n) is 8.85. The number of anilines is 2. The van der Waals surface area contributed by atoms with Gasteiger partial charge in [0.15, 0.2) is 9.84 Å². The second-order valence-corrected chi connectivity index (χ2v) is 8.94. The van der Waals surface area contributed by atoms with Crippen molar-refractivity contribution in [2.24, 2.45) is 0 Å². The number of methoxy groups -OCH3 is 1. The molecule has 1 amide bonds. The van der Waals surface area contributed by atoms with Crippen LogP contribution in [0.3, 0.4) is 0 Å². The van der Waals surface area contributed by atoms with Gasteiger partial charge in [-0.3, -0.25) is 4.79 Å². The summed E-state index contributed by atoms with van der Waals surface area (Å²) in [7, 11) is -1.52. The first-order chi connectivity index (χ1) is 12.9. The van der Waals surface area contributed by atoms with Crippen LogP contribution in [0.25, 0.3) is 0 Å². The first-order valence-corrected chi connectivity index (χ1v) is 10.7. The van der Waals surface area contributed by atoms with Gasteiger partial charge in [0.05, 0.1) is 36.9 Å². The van der Waals surface area contributed by atoms with E-state index in [-0.39, 0.29) is 30.0 Å². The molecule has 0 bridgehead atoms. The van der Waals surface area contributed by atoms with Crippen LogP contribution in [-0.2, 0) is 14.6 Å². The molecule has 1 atom stereocenters. The van der Waals surface area contributed by atoms with Crippen molar-refractivity contribution in [3.05, 3.63) is 54.1 Å². The zero-order valence-electron chi connectivity index (χ0n) is 15.5. The molecule has 144 valence electrons. The van der Waals surface area contributed by atoms with Gasteiger partial charge in [0.2, 0.25) is 5.91 Å². The SMILES string of the molecule is COc1ccc(C)cc1NCC(=O)N(c1ccccc1)C1CCS(=O)(=O)C1. The quantitative estimate of drug-likeness (QED) is 0.823.